The Balaban J connectivity index is 2.05. The maximum Gasteiger partial charge on any atom is 0.261 e. The van der Waals surface area contributed by atoms with Crippen LogP contribution in [-0.4, -0.2) is 27.8 Å². The molecule has 138 valence electrons. The van der Waals surface area contributed by atoms with Crippen molar-refractivity contribution in [3.63, 3.8) is 0 Å². The number of carbonyl (C=O) groups excluding carboxylic acids is 2. The first-order valence-corrected chi connectivity index (χ1v) is 8.59. The lowest BCUT2D eigenvalue weighted by atomic mass is 10.0. The molecule has 1 aromatic heterocycles. The van der Waals surface area contributed by atoms with Gasteiger partial charge < -0.3 is 5.32 Å². The van der Waals surface area contributed by atoms with Crippen LogP contribution in [-0.2, 0) is 4.79 Å². The Kier molecular flexibility index (Phi) is 6.52. The van der Waals surface area contributed by atoms with E-state index in [1.807, 2.05) is 33.8 Å². The van der Waals surface area contributed by atoms with Crippen LogP contribution in [0.3, 0.4) is 0 Å². The molecule has 7 nitrogen and oxygen atoms in total. The van der Waals surface area contributed by atoms with Crippen molar-refractivity contribution in [3.8, 4) is 0 Å². The van der Waals surface area contributed by atoms with Gasteiger partial charge in [-0.05, 0) is 38.0 Å². The Labute approximate surface area is 157 Å². The average molecular weight is 376 g/mol. The third kappa shape index (κ3) is 5.16. The first kappa shape index (κ1) is 19.7. The third-order valence-corrected chi connectivity index (χ3v) is 3.96. The number of hydrogen-bond donors (Lipinski definition) is 3. The highest BCUT2D eigenvalue weighted by Crippen LogP contribution is 2.15. The van der Waals surface area contributed by atoms with Gasteiger partial charge in [0.05, 0.1) is 10.6 Å². The van der Waals surface area contributed by atoms with Crippen LogP contribution >= 0.6 is 11.6 Å². The third-order valence-electron chi connectivity index (χ3n) is 3.63. The van der Waals surface area contributed by atoms with E-state index in [4.69, 9.17) is 11.6 Å². The van der Waals surface area contributed by atoms with E-state index in [-0.39, 0.29) is 11.9 Å². The highest BCUT2D eigenvalue weighted by atomic mass is 35.5. The molecule has 0 bridgehead atoms. The normalized spacial score (nSPS) is 11.8. The Morgan fingerprint density at radius 3 is 2.27 bits per heavy atom. The molecule has 0 fully saturated rings. The summed E-state index contributed by atoms with van der Waals surface area (Å²) in [5, 5.41) is 3.04. The highest BCUT2D eigenvalue weighted by Gasteiger charge is 2.25. The van der Waals surface area contributed by atoms with E-state index in [1.165, 1.54) is 0 Å². The average Bonchev–Trinajstić information content (AvgIpc) is 2.56. The standard InChI is InChI=1S/C18H22ClN5O2/c1-10(2)15(22-16(25)13-7-5-6-8-14(13)19)17(26)23-24-18-20-11(3)9-12(4)21-18/h5-10,15H,1-4H3,(H,22,25)(H,23,26)(H,20,21,24)/t15-/m0/s1. The van der Waals surface area contributed by atoms with Crippen molar-refractivity contribution >= 4 is 29.4 Å². The minimum absolute atomic E-state index is 0.136. The molecule has 2 rings (SSSR count). The number of amides is 2. The molecule has 0 aliphatic rings. The number of nitrogens with zero attached hydrogens (tertiary/aromatic N) is 2. The summed E-state index contributed by atoms with van der Waals surface area (Å²) in [4.78, 5) is 33.3. The van der Waals surface area contributed by atoms with Gasteiger partial charge in [0.1, 0.15) is 6.04 Å². The van der Waals surface area contributed by atoms with Gasteiger partial charge in [0.25, 0.3) is 11.8 Å². The quantitative estimate of drug-likeness (QED) is 0.674. The number of halogens is 1. The summed E-state index contributed by atoms with van der Waals surface area (Å²) >= 11 is 6.04. The van der Waals surface area contributed by atoms with Crippen LogP contribution in [0.2, 0.25) is 5.02 Å². The molecule has 1 aromatic carbocycles. The van der Waals surface area contributed by atoms with Crippen LogP contribution in [0.1, 0.15) is 35.6 Å². The Bertz CT molecular complexity index is 790. The van der Waals surface area contributed by atoms with Crippen molar-refractivity contribution in [2.24, 2.45) is 5.92 Å². The number of rotatable bonds is 6. The molecule has 1 atom stereocenters. The molecule has 0 aliphatic carbocycles. The zero-order valence-electron chi connectivity index (χ0n) is 15.1. The van der Waals surface area contributed by atoms with E-state index in [1.54, 1.807) is 24.3 Å². The topological polar surface area (TPSA) is 96.0 Å². The SMILES string of the molecule is Cc1cc(C)nc(NNC(=O)[C@@H](NC(=O)c2ccccc2Cl)C(C)C)n1. The van der Waals surface area contributed by atoms with Crippen molar-refractivity contribution in [2.45, 2.75) is 33.7 Å². The van der Waals surface area contributed by atoms with Crippen molar-refractivity contribution in [3.05, 3.63) is 52.3 Å². The van der Waals surface area contributed by atoms with Crippen molar-refractivity contribution in [2.75, 3.05) is 5.43 Å². The molecule has 26 heavy (non-hydrogen) atoms. The van der Waals surface area contributed by atoms with Gasteiger partial charge in [-0.1, -0.05) is 37.6 Å². The first-order valence-electron chi connectivity index (χ1n) is 8.21. The maximum absolute atomic E-state index is 12.5. The van der Waals surface area contributed by atoms with E-state index >= 15 is 0 Å². The van der Waals surface area contributed by atoms with Gasteiger partial charge in [-0.2, -0.15) is 0 Å². The summed E-state index contributed by atoms with van der Waals surface area (Å²) < 4.78 is 0. The lowest BCUT2D eigenvalue weighted by Gasteiger charge is -2.22. The zero-order valence-corrected chi connectivity index (χ0v) is 15.9. The number of aromatic nitrogens is 2. The van der Waals surface area contributed by atoms with Gasteiger partial charge in [-0.25, -0.2) is 9.97 Å². The van der Waals surface area contributed by atoms with Crippen LogP contribution in [0.4, 0.5) is 5.95 Å². The van der Waals surface area contributed by atoms with E-state index in [2.05, 4.69) is 26.1 Å². The molecule has 8 heteroatoms. The number of anilines is 1. The molecule has 1 heterocycles. The fourth-order valence-corrected chi connectivity index (χ4v) is 2.60. The largest absolute Gasteiger partial charge is 0.340 e. The minimum atomic E-state index is -0.753. The number of carbonyl (C=O) groups is 2. The zero-order chi connectivity index (χ0) is 19.3. The van der Waals surface area contributed by atoms with Gasteiger partial charge in [0, 0.05) is 11.4 Å². The van der Waals surface area contributed by atoms with E-state index in [0.717, 1.165) is 11.4 Å². The molecular formula is C18H22ClN5O2. The van der Waals surface area contributed by atoms with Crippen LogP contribution in [0.25, 0.3) is 0 Å². The molecule has 3 N–H and O–H groups in total. The molecular weight excluding hydrogens is 354 g/mol. The molecule has 0 aliphatic heterocycles. The van der Waals surface area contributed by atoms with Gasteiger partial charge in [-0.15, -0.1) is 0 Å². The second-order valence-corrected chi connectivity index (χ2v) is 6.67. The number of hydrogen-bond acceptors (Lipinski definition) is 5. The monoisotopic (exact) mass is 375 g/mol. The summed E-state index contributed by atoms with van der Waals surface area (Å²) in [6, 6.07) is 7.75. The van der Waals surface area contributed by atoms with Crippen LogP contribution in [0.15, 0.2) is 30.3 Å². The van der Waals surface area contributed by atoms with Crippen LogP contribution in [0.5, 0.6) is 0 Å². The van der Waals surface area contributed by atoms with Crippen molar-refractivity contribution in [1.82, 2.24) is 20.7 Å². The van der Waals surface area contributed by atoms with Gasteiger partial charge >= 0.3 is 0 Å². The minimum Gasteiger partial charge on any atom is -0.340 e. The fraction of sp³-hybridized carbons (Fsp3) is 0.333. The molecule has 0 saturated heterocycles. The van der Waals surface area contributed by atoms with E-state index < -0.39 is 17.9 Å². The number of aryl methyl sites for hydroxylation is 2. The summed E-state index contributed by atoms with van der Waals surface area (Å²) in [6.45, 7) is 7.35. The Hall–Kier alpha value is -2.67. The highest BCUT2D eigenvalue weighted by molar-refractivity contribution is 6.33. The number of nitrogens with one attached hydrogen (secondary N) is 3. The van der Waals surface area contributed by atoms with Gasteiger partial charge in [-0.3, -0.25) is 20.4 Å². The molecule has 0 radical (unpaired) electrons. The molecule has 2 aromatic rings. The second kappa shape index (κ2) is 8.62. The summed E-state index contributed by atoms with van der Waals surface area (Å²) in [5.74, 6) is -0.658. The van der Waals surface area contributed by atoms with Crippen LogP contribution in [0, 0.1) is 19.8 Å². The van der Waals surface area contributed by atoms with Gasteiger partial charge in [0.15, 0.2) is 0 Å². The lowest BCUT2D eigenvalue weighted by Crippen LogP contribution is -2.51. The second-order valence-electron chi connectivity index (χ2n) is 6.26. The fourth-order valence-electron chi connectivity index (χ4n) is 2.38. The van der Waals surface area contributed by atoms with E-state index in [9.17, 15) is 9.59 Å². The first-order chi connectivity index (χ1) is 12.3. The number of benzene rings is 1. The van der Waals surface area contributed by atoms with E-state index in [0.29, 0.717) is 10.6 Å². The van der Waals surface area contributed by atoms with Gasteiger partial charge in [0.2, 0.25) is 5.95 Å². The molecule has 0 saturated carbocycles. The number of hydrazine groups is 1. The predicted molar refractivity (Wildman–Crippen MR) is 101 cm³/mol. The smallest absolute Gasteiger partial charge is 0.261 e. The maximum atomic E-state index is 12.5. The van der Waals surface area contributed by atoms with Crippen LogP contribution < -0.4 is 16.2 Å². The molecule has 2 amide bonds. The molecule has 0 spiro atoms. The summed E-state index contributed by atoms with van der Waals surface area (Å²) in [5.41, 5.74) is 7.11. The molecule has 0 unspecified atom stereocenters. The summed E-state index contributed by atoms with van der Waals surface area (Å²) in [7, 11) is 0. The lowest BCUT2D eigenvalue weighted by molar-refractivity contribution is -0.123. The summed E-state index contributed by atoms with van der Waals surface area (Å²) in [6.07, 6.45) is 0. The predicted octanol–water partition coefficient (Wildman–Crippen LogP) is 2.64. The Morgan fingerprint density at radius 2 is 1.69 bits per heavy atom. The Morgan fingerprint density at radius 1 is 1.08 bits per heavy atom. The van der Waals surface area contributed by atoms with Crippen molar-refractivity contribution < 1.29 is 9.59 Å². The van der Waals surface area contributed by atoms with Crippen molar-refractivity contribution in [1.29, 1.82) is 0 Å².